The van der Waals surface area contributed by atoms with E-state index >= 15 is 0 Å². The van der Waals surface area contributed by atoms with E-state index < -0.39 is 18.2 Å². The Morgan fingerprint density at radius 2 is 1.67 bits per heavy atom. The molecule has 112 valence electrons. The van der Waals surface area contributed by atoms with Gasteiger partial charge >= 0.3 is 0 Å². The minimum absolute atomic E-state index is 0.0562. The van der Waals surface area contributed by atoms with Gasteiger partial charge < -0.3 is 0 Å². The first-order chi connectivity index (χ1) is 9.70. The van der Waals surface area contributed by atoms with Gasteiger partial charge in [0.2, 0.25) is 0 Å². The molecule has 0 saturated carbocycles. The van der Waals surface area contributed by atoms with Crippen LogP contribution in [0.3, 0.4) is 0 Å². The van der Waals surface area contributed by atoms with E-state index in [0.29, 0.717) is 0 Å². The molecule has 0 atom stereocenters. The zero-order valence-corrected chi connectivity index (χ0v) is 14.3. The molecule has 21 heavy (non-hydrogen) atoms. The first-order valence-electron chi connectivity index (χ1n) is 6.83. The van der Waals surface area contributed by atoms with E-state index in [4.69, 9.17) is 0 Å². The van der Waals surface area contributed by atoms with Crippen molar-refractivity contribution in [3.05, 3.63) is 59.7 Å². The number of rotatable bonds is 4. The fourth-order valence-electron chi connectivity index (χ4n) is 2.60. The van der Waals surface area contributed by atoms with Crippen LogP contribution in [0, 0.1) is 6.92 Å². The minimum atomic E-state index is -4.19. The Morgan fingerprint density at radius 1 is 1.05 bits per heavy atom. The average Bonchev–Trinajstić information content (AvgIpc) is 2.38. The van der Waals surface area contributed by atoms with Gasteiger partial charge in [0.05, 0.1) is 13.0 Å². The third-order valence-electron chi connectivity index (χ3n) is 3.63. The van der Waals surface area contributed by atoms with Crippen LogP contribution in [0.5, 0.6) is 0 Å². The second kappa shape index (κ2) is 5.75. The predicted molar refractivity (Wildman–Crippen MR) is 88.3 cm³/mol. The fraction of sp³-hybridized carbons (Fsp3) is 0.250. The van der Waals surface area contributed by atoms with Crippen molar-refractivity contribution >= 4 is 23.4 Å². The van der Waals surface area contributed by atoms with Crippen molar-refractivity contribution in [3.63, 3.8) is 0 Å². The van der Waals surface area contributed by atoms with Gasteiger partial charge in [0.25, 0.3) is 10.1 Å². The molecule has 0 fully saturated rings. The number of hydrogen-bond donors (Lipinski definition) is 1. The maximum absolute atomic E-state index is 11.6. The lowest BCUT2D eigenvalue weighted by Gasteiger charge is -2.25. The molecular formula is C16H20O3SSi. The molecule has 0 saturated heterocycles. The summed E-state index contributed by atoms with van der Waals surface area (Å²) in [7, 11) is -6.24. The van der Waals surface area contributed by atoms with Crippen LogP contribution >= 0.6 is 0 Å². The van der Waals surface area contributed by atoms with Gasteiger partial charge in [-0.3, -0.25) is 4.55 Å². The van der Waals surface area contributed by atoms with Crippen molar-refractivity contribution in [1.29, 1.82) is 0 Å². The molecule has 1 N–H and O–H groups in total. The summed E-state index contributed by atoms with van der Waals surface area (Å²) in [6, 6.07) is 16.0. The summed E-state index contributed by atoms with van der Waals surface area (Å²) in [5.74, 6) is 0. The van der Waals surface area contributed by atoms with Gasteiger partial charge in [-0.15, -0.1) is 0 Å². The molecule has 2 aromatic rings. The molecule has 0 heterocycles. The van der Waals surface area contributed by atoms with E-state index in [1.54, 1.807) is 6.07 Å². The topological polar surface area (TPSA) is 54.4 Å². The molecular weight excluding hydrogens is 300 g/mol. The Hall–Kier alpha value is -1.43. The van der Waals surface area contributed by atoms with Gasteiger partial charge in [0.1, 0.15) is 0 Å². The molecule has 0 spiro atoms. The highest BCUT2D eigenvalue weighted by molar-refractivity contribution is 7.86. The van der Waals surface area contributed by atoms with Crippen molar-refractivity contribution in [2.45, 2.75) is 31.0 Å². The van der Waals surface area contributed by atoms with Crippen LogP contribution < -0.4 is 5.19 Å². The Morgan fingerprint density at radius 3 is 2.24 bits per heavy atom. The maximum atomic E-state index is 11.6. The molecule has 0 aliphatic rings. The third kappa shape index (κ3) is 3.81. The lowest BCUT2D eigenvalue weighted by atomic mass is 10.2. The average molecular weight is 320 g/mol. The van der Waals surface area contributed by atoms with Gasteiger partial charge in [-0.1, -0.05) is 66.7 Å². The van der Waals surface area contributed by atoms with Gasteiger partial charge in [-0.05, 0) is 24.2 Å². The van der Waals surface area contributed by atoms with Crippen LogP contribution in [0.15, 0.2) is 53.4 Å². The van der Waals surface area contributed by atoms with Crippen molar-refractivity contribution in [2.75, 3.05) is 0 Å². The van der Waals surface area contributed by atoms with Crippen molar-refractivity contribution in [3.8, 4) is 0 Å². The Balaban J connectivity index is 2.51. The summed E-state index contributed by atoms with van der Waals surface area (Å²) >= 11 is 0. The van der Waals surface area contributed by atoms with Crippen molar-refractivity contribution < 1.29 is 13.0 Å². The van der Waals surface area contributed by atoms with E-state index in [1.807, 2.05) is 31.2 Å². The standard InChI is InChI=1S/C16H20O3SSi/c1-13-9-10-15(20(17,18)19)16(11-13)21(2,3)12-14-7-5-4-6-8-14/h4-11H,12H2,1-3H3,(H,17,18,19). The highest BCUT2D eigenvalue weighted by Gasteiger charge is 2.30. The summed E-state index contributed by atoms with van der Waals surface area (Å²) in [6.45, 7) is 6.19. The number of benzene rings is 2. The molecule has 0 amide bonds. The van der Waals surface area contributed by atoms with E-state index in [-0.39, 0.29) is 4.90 Å². The summed E-state index contributed by atoms with van der Waals surface area (Å²) in [5.41, 5.74) is 2.20. The molecule has 0 aliphatic heterocycles. The first kappa shape index (κ1) is 15.9. The van der Waals surface area contributed by atoms with Crippen LogP contribution in [0.25, 0.3) is 0 Å². The Kier molecular flexibility index (Phi) is 4.37. The van der Waals surface area contributed by atoms with Crippen molar-refractivity contribution in [2.24, 2.45) is 0 Å². The zero-order chi connectivity index (χ0) is 15.7. The van der Waals surface area contributed by atoms with Crippen LogP contribution in [0.4, 0.5) is 0 Å². The van der Waals surface area contributed by atoms with Gasteiger partial charge in [0, 0.05) is 0 Å². The van der Waals surface area contributed by atoms with Crippen LogP contribution in [0.2, 0.25) is 13.1 Å². The predicted octanol–water partition coefficient (Wildman–Crippen LogP) is 2.94. The maximum Gasteiger partial charge on any atom is 0.294 e. The van der Waals surface area contributed by atoms with E-state index in [9.17, 15) is 13.0 Å². The summed E-state index contributed by atoms with van der Waals surface area (Å²) in [4.78, 5) is 0.0562. The minimum Gasteiger partial charge on any atom is -0.282 e. The molecule has 0 aromatic heterocycles. The van der Waals surface area contributed by atoms with Crippen LogP contribution in [0.1, 0.15) is 11.1 Å². The largest absolute Gasteiger partial charge is 0.294 e. The molecule has 0 radical (unpaired) electrons. The zero-order valence-electron chi connectivity index (χ0n) is 12.5. The molecule has 2 rings (SSSR count). The number of aryl methyl sites for hydroxylation is 1. The van der Waals surface area contributed by atoms with Gasteiger partial charge in [0.15, 0.2) is 0 Å². The SMILES string of the molecule is Cc1ccc(S(=O)(=O)O)c([Si](C)(C)Cc2ccccc2)c1. The van der Waals surface area contributed by atoms with E-state index in [1.165, 1.54) is 11.6 Å². The van der Waals surface area contributed by atoms with Gasteiger partial charge in [-0.2, -0.15) is 8.42 Å². The second-order valence-corrected chi connectivity index (χ2v) is 12.1. The van der Waals surface area contributed by atoms with E-state index in [2.05, 4.69) is 25.2 Å². The van der Waals surface area contributed by atoms with Crippen LogP contribution in [-0.4, -0.2) is 21.0 Å². The highest BCUT2D eigenvalue weighted by Crippen LogP contribution is 2.18. The van der Waals surface area contributed by atoms with Crippen LogP contribution in [-0.2, 0) is 16.2 Å². The second-order valence-electron chi connectivity index (χ2n) is 6.02. The summed E-state index contributed by atoms with van der Waals surface area (Å²) < 4.78 is 32.8. The van der Waals surface area contributed by atoms with E-state index in [0.717, 1.165) is 16.8 Å². The Bertz CT molecular complexity index is 737. The lowest BCUT2D eigenvalue weighted by molar-refractivity contribution is 0.484. The molecule has 0 aliphatic carbocycles. The lowest BCUT2D eigenvalue weighted by Crippen LogP contribution is -2.46. The van der Waals surface area contributed by atoms with Gasteiger partial charge in [-0.25, -0.2) is 0 Å². The summed E-state index contributed by atoms with van der Waals surface area (Å²) in [5, 5.41) is 0.786. The summed E-state index contributed by atoms with van der Waals surface area (Å²) in [6.07, 6.45) is 0. The molecule has 0 bridgehead atoms. The van der Waals surface area contributed by atoms with Crippen molar-refractivity contribution in [1.82, 2.24) is 0 Å². The highest BCUT2D eigenvalue weighted by atomic mass is 32.2. The normalized spacial score (nSPS) is 12.4. The molecule has 0 unspecified atom stereocenters. The molecule has 3 nitrogen and oxygen atoms in total. The molecule has 5 heteroatoms. The monoisotopic (exact) mass is 320 g/mol. The first-order valence-corrected chi connectivity index (χ1v) is 11.5. The Labute approximate surface area is 127 Å². The molecule has 2 aromatic carbocycles. The quantitative estimate of drug-likeness (QED) is 0.696. The fourth-order valence-corrected chi connectivity index (χ4v) is 7.21. The third-order valence-corrected chi connectivity index (χ3v) is 7.89. The number of hydrogen-bond acceptors (Lipinski definition) is 2. The smallest absolute Gasteiger partial charge is 0.282 e.